The van der Waals surface area contributed by atoms with E-state index in [2.05, 4.69) is 15.0 Å². The van der Waals surface area contributed by atoms with E-state index in [1.165, 1.54) is 11.3 Å². The Kier molecular flexibility index (Phi) is 4.02. The van der Waals surface area contributed by atoms with E-state index in [0.29, 0.717) is 5.13 Å². The van der Waals surface area contributed by atoms with Crippen molar-refractivity contribution in [2.45, 2.75) is 0 Å². The van der Waals surface area contributed by atoms with Crippen molar-refractivity contribution in [1.82, 2.24) is 4.98 Å². The van der Waals surface area contributed by atoms with Crippen molar-refractivity contribution < 1.29 is 19.4 Å². The summed E-state index contributed by atoms with van der Waals surface area (Å²) in [6.45, 7) is -0.767. The monoisotopic (exact) mass is 216 g/mol. The number of aromatic nitrogens is 1. The highest BCUT2D eigenvalue weighted by Crippen LogP contribution is 2.09. The largest absolute Gasteiger partial charge is 0.480 e. The number of nitrogens with zero attached hydrogens (tertiary/aromatic N) is 1. The minimum Gasteiger partial charge on any atom is -0.480 e. The number of carbonyl (C=O) groups is 2. The first-order valence-electron chi connectivity index (χ1n) is 3.67. The van der Waals surface area contributed by atoms with Crippen LogP contribution in [0.15, 0.2) is 11.6 Å². The number of rotatable bonds is 5. The summed E-state index contributed by atoms with van der Waals surface area (Å²) in [6, 6.07) is 0. The zero-order chi connectivity index (χ0) is 10.4. The Balaban J connectivity index is 2.20. The first-order chi connectivity index (χ1) is 6.68. The Labute approximate surface area is 83.5 Å². The van der Waals surface area contributed by atoms with E-state index in [1.54, 1.807) is 11.6 Å². The number of amides is 1. The number of nitrogens with one attached hydrogen (secondary N) is 1. The Hall–Kier alpha value is -1.47. The predicted octanol–water partition coefficient (Wildman–Crippen LogP) is 0.183. The lowest BCUT2D eigenvalue weighted by Crippen LogP contribution is -2.20. The number of carbonyl (C=O) groups excluding carboxylic acids is 1. The van der Waals surface area contributed by atoms with Crippen molar-refractivity contribution in [3.63, 3.8) is 0 Å². The van der Waals surface area contributed by atoms with Gasteiger partial charge in [-0.05, 0) is 0 Å². The average molecular weight is 216 g/mol. The Morgan fingerprint density at radius 1 is 1.57 bits per heavy atom. The number of hydrogen-bond donors (Lipinski definition) is 2. The summed E-state index contributed by atoms with van der Waals surface area (Å²) in [5, 5.41) is 12.8. The fourth-order valence-corrected chi connectivity index (χ4v) is 1.22. The highest BCUT2D eigenvalue weighted by Gasteiger charge is 2.05. The second-order valence-corrected chi connectivity index (χ2v) is 3.17. The second-order valence-electron chi connectivity index (χ2n) is 2.27. The van der Waals surface area contributed by atoms with Gasteiger partial charge in [0.1, 0.15) is 13.2 Å². The zero-order valence-corrected chi connectivity index (χ0v) is 7.91. The third kappa shape index (κ3) is 3.97. The highest BCUT2D eigenvalue weighted by atomic mass is 32.1. The van der Waals surface area contributed by atoms with E-state index in [1.807, 2.05) is 0 Å². The lowest BCUT2D eigenvalue weighted by Gasteiger charge is -2.00. The van der Waals surface area contributed by atoms with E-state index in [0.717, 1.165) is 0 Å². The van der Waals surface area contributed by atoms with Crippen molar-refractivity contribution in [2.24, 2.45) is 0 Å². The molecule has 0 unspecified atom stereocenters. The van der Waals surface area contributed by atoms with Crippen LogP contribution in [0, 0.1) is 0 Å². The molecule has 0 saturated heterocycles. The fraction of sp³-hybridized carbons (Fsp3) is 0.286. The molecule has 1 aromatic heterocycles. The van der Waals surface area contributed by atoms with Crippen LogP contribution in [0.25, 0.3) is 0 Å². The number of thiazole rings is 1. The molecule has 76 valence electrons. The molecule has 0 spiro atoms. The summed E-state index contributed by atoms with van der Waals surface area (Å²) in [4.78, 5) is 24.9. The maximum absolute atomic E-state index is 11.0. The van der Waals surface area contributed by atoms with Gasteiger partial charge in [-0.3, -0.25) is 10.1 Å². The van der Waals surface area contributed by atoms with E-state index in [4.69, 9.17) is 5.11 Å². The molecule has 0 fully saturated rings. The zero-order valence-electron chi connectivity index (χ0n) is 7.10. The minimum absolute atomic E-state index is 0.286. The molecule has 0 radical (unpaired) electrons. The van der Waals surface area contributed by atoms with Gasteiger partial charge in [0.2, 0.25) is 0 Å². The maximum atomic E-state index is 11.0. The van der Waals surface area contributed by atoms with Gasteiger partial charge in [-0.15, -0.1) is 11.3 Å². The summed E-state index contributed by atoms with van der Waals surface area (Å²) in [5.41, 5.74) is 0. The number of ether oxygens (including phenoxy) is 1. The molecule has 7 heteroatoms. The molecule has 14 heavy (non-hydrogen) atoms. The summed E-state index contributed by atoms with van der Waals surface area (Å²) in [7, 11) is 0. The van der Waals surface area contributed by atoms with Crippen molar-refractivity contribution in [3.8, 4) is 0 Å². The third-order valence-electron chi connectivity index (χ3n) is 1.14. The van der Waals surface area contributed by atoms with E-state index in [9.17, 15) is 9.59 Å². The van der Waals surface area contributed by atoms with Crippen LogP contribution in [-0.2, 0) is 14.3 Å². The Morgan fingerprint density at radius 2 is 2.36 bits per heavy atom. The number of carboxylic acids is 1. The van der Waals surface area contributed by atoms with Gasteiger partial charge < -0.3 is 9.84 Å². The molecule has 1 rings (SSSR count). The molecule has 0 atom stereocenters. The molecule has 0 aromatic carbocycles. The van der Waals surface area contributed by atoms with E-state index >= 15 is 0 Å². The lowest BCUT2D eigenvalue weighted by molar-refractivity contribution is -0.143. The van der Waals surface area contributed by atoms with Gasteiger partial charge in [0, 0.05) is 11.6 Å². The minimum atomic E-state index is -1.10. The Bertz CT molecular complexity index is 311. The molecular formula is C7H8N2O4S. The molecule has 1 heterocycles. The Morgan fingerprint density at radius 3 is 2.93 bits per heavy atom. The number of aliphatic carboxylic acids is 1. The lowest BCUT2D eigenvalue weighted by atomic mass is 10.6. The SMILES string of the molecule is O=C(O)COCC(=O)Nc1nccs1. The van der Waals surface area contributed by atoms with E-state index < -0.39 is 18.5 Å². The van der Waals surface area contributed by atoms with Crippen LogP contribution in [0.3, 0.4) is 0 Å². The van der Waals surface area contributed by atoms with Crippen LogP contribution in [-0.4, -0.2) is 35.2 Å². The molecule has 1 aromatic rings. The smallest absolute Gasteiger partial charge is 0.329 e. The maximum Gasteiger partial charge on any atom is 0.329 e. The predicted molar refractivity (Wildman–Crippen MR) is 49.2 cm³/mol. The summed E-state index contributed by atoms with van der Waals surface area (Å²) in [6.07, 6.45) is 1.55. The quantitative estimate of drug-likeness (QED) is 0.733. The molecule has 0 aliphatic rings. The molecule has 0 aliphatic heterocycles. The topological polar surface area (TPSA) is 88.5 Å². The molecule has 0 bridgehead atoms. The van der Waals surface area contributed by atoms with Crippen LogP contribution in [0.2, 0.25) is 0 Å². The molecule has 0 aliphatic carbocycles. The molecule has 0 saturated carbocycles. The summed E-state index contributed by atoms with van der Waals surface area (Å²) >= 11 is 1.28. The van der Waals surface area contributed by atoms with Crippen LogP contribution >= 0.6 is 11.3 Å². The molecule has 2 N–H and O–H groups in total. The standard InChI is InChI=1S/C7H8N2O4S/c10-5(3-13-4-6(11)12)9-7-8-1-2-14-7/h1-2H,3-4H2,(H,11,12)(H,8,9,10). The van der Waals surface area contributed by atoms with Gasteiger partial charge in [0.05, 0.1) is 0 Å². The summed E-state index contributed by atoms with van der Waals surface area (Å²) in [5.74, 6) is -1.52. The number of carboxylic acid groups (broad SMARTS) is 1. The fourth-order valence-electron chi connectivity index (χ4n) is 0.672. The molecule has 1 amide bonds. The van der Waals surface area contributed by atoms with Crippen LogP contribution in [0.1, 0.15) is 0 Å². The van der Waals surface area contributed by atoms with Gasteiger partial charge in [-0.2, -0.15) is 0 Å². The number of hydrogen-bond acceptors (Lipinski definition) is 5. The average Bonchev–Trinajstić information content (AvgIpc) is 2.56. The highest BCUT2D eigenvalue weighted by molar-refractivity contribution is 7.13. The van der Waals surface area contributed by atoms with Crippen molar-refractivity contribution in [2.75, 3.05) is 18.5 Å². The number of anilines is 1. The first-order valence-corrected chi connectivity index (χ1v) is 4.55. The normalized spacial score (nSPS) is 9.71. The first kappa shape index (κ1) is 10.6. The van der Waals surface area contributed by atoms with Crippen LogP contribution in [0.4, 0.5) is 5.13 Å². The van der Waals surface area contributed by atoms with Gasteiger partial charge in [0.15, 0.2) is 5.13 Å². The molecule has 6 nitrogen and oxygen atoms in total. The molecular weight excluding hydrogens is 208 g/mol. The van der Waals surface area contributed by atoms with Gasteiger partial charge in [-0.25, -0.2) is 9.78 Å². The van der Waals surface area contributed by atoms with Gasteiger partial charge >= 0.3 is 5.97 Å². The second kappa shape index (κ2) is 5.30. The van der Waals surface area contributed by atoms with Crippen LogP contribution < -0.4 is 5.32 Å². The van der Waals surface area contributed by atoms with Crippen molar-refractivity contribution in [3.05, 3.63) is 11.6 Å². The van der Waals surface area contributed by atoms with Gasteiger partial charge in [0.25, 0.3) is 5.91 Å². The van der Waals surface area contributed by atoms with Crippen molar-refractivity contribution in [1.29, 1.82) is 0 Å². The van der Waals surface area contributed by atoms with Crippen molar-refractivity contribution >= 4 is 28.3 Å². The third-order valence-corrected chi connectivity index (χ3v) is 1.83. The van der Waals surface area contributed by atoms with Gasteiger partial charge in [-0.1, -0.05) is 0 Å². The summed E-state index contributed by atoms with van der Waals surface area (Å²) < 4.78 is 4.57. The van der Waals surface area contributed by atoms with Crippen LogP contribution in [0.5, 0.6) is 0 Å². The van der Waals surface area contributed by atoms with E-state index in [-0.39, 0.29) is 6.61 Å².